The van der Waals surface area contributed by atoms with Crippen LogP contribution in [-0.2, 0) is 6.42 Å². The predicted octanol–water partition coefficient (Wildman–Crippen LogP) is 4.75. The molecule has 0 fully saturated rings. The summed E-state index contributed by atoms with van der Waals surface area (Å²) in [5.41, 5.74) is 2.31. The van der Waals surface area contributed by atoms with Crippen LogP contribution in [0.25, 0.3) is 11.3 Å². The monoisotopic (exact) mass is 354 g/mol. The highest BCUT2D eigenvalue weighted by Crippen LogP contribution is 2.24. The molecule has 0 radical (unpaired) electrons. The van der Waals surface area contributed by atoms with Gasteiger partial charge in [0.1, 0.15) is 0 Å². The standard InChI is InChI=1S/C20H19ClN2O2/c1-14(7-8-15-5-3-2-4-6-15)23-20(24)18-19(25-13-22-18)16-9-11-17(21)12-10-16/h2-6,9-14H,7-8H2,1H3,(H,23,24). The summed E-state index contributed by atoms with van der Waals surface area (Å²) in [7, 11) is 0. The Balaban J connectivity index is 1.63. The summed E-state index contributed by atoms with van der Waals surface area (Å²) < 4.78 is 5.41. The van der Waals surface area contributed by atoms with Gasteiger partial charge in [0.2, 0.25) is 0 Å². The second-order valence-corrected chi connectivity index (χ2v) is 6.37. The molecule has 1 aromatic heterocycles. The van der Waals surface area contributed by atoms with Crippen molar-refractivity contribution >= 4 is 17.5 Å². The summed E-state index contributed by atoms with van der Waals surface area (Å²) in [5.74, 6) is 0.212. The highest BCUT2D eigenvalue weighted by atomic mass is 35.5. The Morgan fingerprint density at radius 1 is 1.16 bits per heavy atom. The van der Waals surface area contributed by atoms with E-state index in [1.54, 1.807) is 24.3 Å². The Morgan fingerprint density at radius 3 is 2.60 bits per heavy atom. The topological polar surface area (TPSA) is 55.1 Å². The second-order valence-electron chi connectivity index (χ2n) is 5.94. The number of hydrogen-bond donors (Lipinski definition) is 1. The summed E-state index contributed by atoms with van der Waals surface area (Å²) in [4.78, 5) is 16.6. The van der Waals surface area contributed by atoms with Gasteiger partial charge >= 0.3 is 0 Å². The van der Waals surface area contributed by atoms with Gasteiger partial charge in [-0.25, -0.2) is 4.98 Å². The fourth-order valence-corrected chi connectivity index (χ4v) is 2.73. The van der Waals surface area contributed by atoms with Gasteiger partial charge in [-0.15, -0.1) is 0 Å². The number of rotatable bonds is 6. The molecule has 25 heavy (non-hydrogen) atoms. The third-order valence-corrected chi connectivity index (χ3v) is 4.23. The molecule has 3 rings (SSSR count). The number of benzene rings is 2. The van der Waals surface area contributed by atoms with Crippen molar-refractivity contribution in [2.24, 2.45) is 0 Å². The summed E-state index contributed by atoms with van der Waals surface area (Å²) in [5, 5.41) is 3.62. The number of carbonyl (C=O) groups is 1. The van der Waals surface area contributed by atoms with Gasteiger partial charge in [0.25, 0.3) is 5.91 Å². The lowest BCUT2D eigenvalue weighted by Crippen LogP contribution is -2.33. The Morgan fingerprint density at radius 2 is 1.88 bits per heavy atom. The van der Waals surface area contributed by atoms with Gasteiger partial charge in [-0.1, -0.05) is 41.9 Å². The molecule has 0 bridgehead atoms. The Bertz CT molecular complexity index is 828. The Labute approximate surface area is 151 Å². The van der Waals surface area contributed by atoms with E-state index in [0.29, 0.717) is 10.8 Å². The highest BCUT2D eigenvalue weighted by Gasteiger charge is 2.19. The van der Waals surface area contributed by atoms with Crippen molar-refractivity contribution in [1.29, 1.82) is 0 Å². The van der Waals surface area contributed by atoms with Crippen LogP contribution in [-0.4, -0.2) is 16.9 Å². The minimum absolute atomic E-state index is 0.0301. The van der Waals surface area contributed by atoms with Crippen molar-refractivity contribution in [2.75, 3.05) is 0 Å². The number of hydrogen-bond acceptors (Lipinski definition) is 3. The fraction of sp³-hybridized carbons (Fsp3) is 0.200. The number of aryl methyl sites for hydroxylation is 1. The number of halogens is 1. The zero-order valence-electron chi connectivity index (χ0n) is 13.9. The number of nitrogens with one attached hydrogen (secondary N) is 1. The van der Waals surface area contributed by atoms with Crippen LogP contribution in [0, 0.1) is 0 Å². The van der Waals surface area contributed by atoms with Gasteiger partial charge in [0.15, 0.2) is 17.8 Å². The molecule has 1 N–H and O–H groups in total. The van der Waals surface area contributed by atoms with Crippen molar-refractivity contribution < 1.29 is 9.21 Å². The van der Waals surface area contributed by atoms with Crippen molar-refractivity contribution in [1.82, 2.24) is 10.3 Å². The summed E-state index contributed by atoms with van der Waals surface area (Å²) >= 11 is 5.90. The minimum Gasteiger partial charge on any atom is -0.443 e. The van der Waals surface area contributed by atoms with E-state index in [1.807, 2.05) is 25.1 Å². The first-order chi connectivity index (χ1) is 12.1. The molecule has 1 unspecified atom stereocenters. The second kappa shape index (κ2) is 7.99. The van der Waals surface area contributed by atoms with Crippen molar-refractivity contribution in [3.05, 3.63) is 77.3 Å². The van der Waals surface area contributed by atoms with Crippen LogP contribution in [0.4, 0.5) is 0 Å². The average Bonchev–Trinajstić information content (AvgIpc) is 3.11. The quantitative estimate of drug-likeness (QED) is 0.695. The van der Waals surface area contributed by atoms with E-state index < -0.39 is 0 Å². The maximum atomic E-state index is 12.5. The van der Waals surface area contributed by atoms with Crippen molar-refractivity contribution in [3.8, 4) is 11.3 Å². The summed E-state index contributed by atoms with van der Waals surface area (Å²) in [6.45, 7) is 1.99. The van der Waals surface area contributed by atoms with Crippen LogP contribution in [0.1, 0.15) is 29.4 Å². The molecule has 0 saturated heterocycles. The van der Waals surface area contributed by atoms with E-state index in [1.165, 1.54) is 12.0 Å². The van der Waals surface area contributed by atoms with Crippen LogP contribution in [0.5, 0.6) is 0 Å². The molecular formula is C20H19ClN2O2. The Hall–Kier alpha value is -2.59. The lowest BCUT2D eigenvalue weighted by atomic mass is 10.1. The van der Waals surface area contributed by atoms with Gasteiger partial charge in [-0.05, 0) is 49.6 Å². The normalized spacial score (nSPS) is 11.9. The molecule has 1 heterocycles. The summed E-state index contributed by atoms with van der Waals surface area (Å²) in [6, 6.07) is 17.4. The van der Waals surface area contributed by atoms with E-state index in [2.05, 4.69) is 22.4 Å². The molecule has 0 aliphatic heterocycles. The first-order valence-corrected chi connectivity index (χ1v) is 8.55. The van der Waals surface area contributed by atoms with Crippen LogP contribution in [0.2, 0.25) is 5.02 Å². The minimum atomic E-state index is -0.237. The average molecular weight is 355 g/mol. The zero-order chi connectivity index (χ0) is 17.6. The maximum absolute atomic E-state index is 12.5. The molecule has 0 aliphatic rings. The van der Waals surface area contributed by atoms with Gasteiger partial charge in [0.05, 0.1) is 0 Å². The van der Waals surface area contributed by atoms with Crippen LogP contribution in [0.3, 0.4) is 0 Å². The third-order valence-electron chi connectivity index (χ3n) is 3.98. The van der Waals surface area contributed by atoms with Crippen molar-refractivity contribution in [2.45, 2.75) is 25.8 Å². The van der Waals surface area contributed by atoms with Gasteiger partial charge in [0, 0.05) is 16.6 Å². The molecule has 0 saturated carbocycles. The SMILES string of the molecule is CC(CCc1ccccc1)NC(=O)c1ncoc1-c1ccc(Cl)cc1. The van der Waals surface area contributed by atoms with Crippen LogP contribution in [0.15, 0.2) is 65.4 Å². The van der Waals surface area contributed by atoms with Crippen LogP contribution >= 0.6 is 11.6 Å². The van der Waals surface area contributed by atoms with Gasteiger partial charge in [-0.3, -0.25) is 4.79 Å². The van der Waals surface area contributed by atoms with E-state index in [0.717, 1.165) is 18.4 Å². The number of nitrogens with zero attached hydrogens (tertiary/aromatic N) is 1. The van der Waals surface area contributed by atoms with E-state index in [4.69, 9.17) is 16.0 Å². The highest BCUT2D eigenvalue weighted by molar-refractivity contribution is 6.30. The molecule has 2 aromatic carbocycles. The number of oxazole rings is 1. The first-order valence-electron chi connectivity index (χ1n) is 8.17. The Kier molecular flexibility index (Phi) is 5.51. The fourth-order valence-electron chi connectivity index (χ4n) is 2.61. The molecule has 128 valence electrons. The number of amides is 1. The lowest BCUT2D eigenvalue weighted by Gasteiger charge is -2.13. The maximum Gasteiger partial charge on any atom is 0.274 e. The first kappa shape index (κ1) is 17.2. The smallest absolute Gasteiger partial charge is 0.274 e. The summed E-state index contributed by atoms with van der Waals surface area (Å²) in [6.07, 6.45) is 3.04. The molecule has 3 aromatic rings. The molecular weight excluding hydrogens is 336 g/mol. The predicted molar refractivity (Wildman–Crippen MR) is 98.6 cm³/mol. The van der Waals surface area contributed by atoms with Crippen LogP contribution < -0.4 is 5.32 Å². The molecule has 4 nitrogen and oxygen atoms in total. The number of carbonyl (C=O) groups excluding carboxylic acids is 1. The molecule has 1 atom stereocenters. The molecule has 1 amide bonds. The third kappa shape index (κ3) is 4.48. The van der Waals surface area contributed by atoms with Crippen molar-refractivity contribution in [3.63, 3.8) is 0 Å². The lowest BCUT2D eigenvalue weighted by molar-refractivity contribution is 0.0934. The van der Waals surface area contributed by atoms with E-state index >= 15 is 0 Å². The molecule has 5 heteroatoms. The van der Waals surface area contributed by atoms with Gasteiger partial charge < -0.3 is 9.73 Å². The zero-order valence-corrected chi connectivity index (χ0v) is 14.7. The molecule has 0 aliphatic carbocycles. The van der Waals surface area contributed by atoms with E-state index in [-0.39, 0.29) is 17.6 Å². The molecule has 0 spiro atoms. The number of aromatic nitrogens is 1. The van der Waals surface area contributed by atoms with Gasteiger partial charge in [-0.2, -0.15) is 0 Å². The largest absolute Gasteiger partial charge is 0.443 e. The van der Waals surface area contributed by atoms with E-state index in [9.17, 15) is 4.79 Å².